The standard InChI is InChI=1S/C26H25N5O2/c1-2-24-28-23-10-6-7-20(25(23)26(33)31(24)21-8-4-3-5-9-21)12-11-19-15-27-30(16-19)22-17-29(18-22)13-14-32/h3-10,15-16,22,32H,2,13-14,17-18H2,1H3. The predicted molar refractivity (Wildman–Crippen MR) is 127 cm³/mol. The van der Waals surface area contributed by atoms with Gasteiger partial charge < -0.3 is 5.11 Å². The molecule has 0 atom stereocenters. The first kappa shape index (κ1) is 21.1. The molecule has 2 aromatic heterocycles. The van der Waals surface area contributed by atoms with Crippen molar-refractivity contribution in [3.8, 4) is 17.5 Å². The van der Waals surface area contributed by atoms with Gasteiger partial charge in [-0.15, -0.1) is 0 Å². The smallest absolute Gasteiger partial charge is 0.267 e. The molecule has 7 heteroatoms. The van der Waals surface area contributed by atoms with Gasteiger partial charge in [-0.2, -0.15) is 5.10 Å². The summed E-state index contributed by atoms with van der Waals surface area (Å²) in [6, 6.07) is 15.5. The van der Waals surface area contributed by atoms with E-state index in [4.69, 9.17) is 10.1 Å². The number of para-hydroxylation sites is 1. The third kappa shape index (κ3) is 4.07. The van der Waals surface area contributed by atoms with E-state index in [1.807, 2.05) is 66.3 Å². The Morgan fingerprint density at radius 1 is 1.09 bits per heavy atom. The number of aryl methyl sites for hydroxylation is 1. The Morgan fingerprint density at radius 2 is 1.91 bits per heavy atom. The van der Waals surface area contributed by atoms with Gasteiger partial charge in [-0.1, -0.05) is 43.0 Å². The van der Waals surface area contributed by atoms with Crippen molar-refractivity contribution in [1.82, 2.24) is 24.2 Å². The molecule has 1 aliphatic rings. The molecule has 0 unspecified atom stereocenters. The van der Waals surface area contributed by atoms with Gasteiger partial charge in [0.25, 0.3) is 5.56 Å². The Morgan fingerprint density at radius 3 is 2.67 bits per heavy atom. The summed E-state index contributed by atoms with van der Waals surface area (Å²) < 4.78 is 3.61. The van der Waals surface area contributed by atoms with Gasteiger partial charge in [0.05, 0.1) is 41.0 Å². The van der Waals surface area contributed by atoms with Crippen LogP contribution in [0.4, 0.5) is 0 Å². The lowest BCUT2D eigenvalue weighted by Crippen LogP contribution is -2.48. The number of aliphatic hydroxyl groups excluding tert-OH is 1. The van der Waals surface area contributed by atoms with E-state index in [-0.39, 0.29) is 12.2 Å². The average Bonchev–Trinajstić information content (AvgIpc) is 3.28. The number of fused-ring (bicyclic) bond motifs is 1. The van der Waals surface area contributed by atoms with Gasteiger partial charge in [-0.05, 0) is 24.3 Å². The fourth-order valence-corrected chi connectivity index (χ4v) is 4.24. The number of likely N-dealkylation sites (tertiary alicyclic amines) is 1. The zero-order valence-corrected chi connectivity index (χ0v) is 18.5. The van der Waals surface area contributed by atoms with E-state index < -0.39 is 0 Å². The van der Waals surface area contributed by atoms with Gasteiger partial charge in [0.2, 0.25) is 0 Å². The number of aliphatic hydroxyl groups is 1. The molecule has 1 fully saturated rings. The van der Waals surface area contributed by atoms with Crippen LogP contribution in [-0.4, -0.2) is 55.6 Å². The molecule has 4 aromatic rings. The summed E-state index contributed by atoms with van der Waals surface area (Å²) >= 11 is 0. The highest BCUT2D eigenvalue weighted by molar-refractivity contribution is 5.84. The molecule has 1 N–H and O–H groups in total. The monoisotopic (exact) mass is 439 g/mol. The topological polar surface area (TPSA) is 76.2 Å². The molecule has 1 saturated heterocycles. The third-order valence-corrected chi connectivity index (χ3v) is 5.97. The molecule has 0 radical (unpaired) electrons. The molecule has 0 bridgehead atoms. The highest BCUT2D eigenvalue weighted by atomic mass is 16.3. The van der Waals surface area contributed by atoms with Crippen LogP contribution < -0.4 is 5.56 Å². The summed E-state index contributed by atoms with van der Waals surface area (Å²) in [7, 11) is 0. The molecule has 0 spiro atoms. The van der Waals surface area contributed by atoms with Crippen molar-refractivity contribution < 1.29 is 5.11 Å². The summed E-state index contributed by atoms with van der Waals surface area (Å²) in [5.41, 5.74) is 2.80. The molecule has 1 aliphatic heterocycles. The van der Waals surface area contributed by atoms with Crippen LogP contribution in [0.5, 0.6) is 0 Å². The molecule has 3 heterocycles. The Balaban J connectivity index is 1.51. The molecule has 5 rings (SSSR count). The van der Waals surface area contributed by atoms with Gasteiger partial charge in [0.15, 0.2) is 0 Å². The minimum atomic E-state index is -0.109. The maximum atomic E-state index is 13.6. The predicted octanol–water partition coefficient (Wildman–Crippen LogP) is 2.39. The summed E-state index contributed by atoms with van der Waals surface area (Å²) in [6.45, 7) is 4.62. The van der Waals surface area contributed by atoms with Gasteiger partial charge >= 0.3 is 0 Å². The number of aromatic nitrogens is 4. The highest BCUT2D eigenvalue weighted by Gasteiger charge is 2.27. The number of hydrogen-bond acceptors (Lipinski definition) is 5. The Kier molecular flexibility index (Phi) is 5.78. The average molecular weight is 440 g/mol. The van der Waals surface area contributed by atoms with Crippen molar-refractivity contribution in [2.24, 2.45) is 0 Å². The van der Waals surface area contributed by atoms with E-state index in [0.717, 1.165) is 30.2 Å². The quantitative estimate of drug-likeness (QED) is 0.484. The zero-order valence-electron chi connectivity index (χ0n) is 18.5. The maximum absolute atomic E-state index is 13.6. The van der Waals surface area contributed by atoms with E-state index in [1.165, 1.54) is 0 Å². The lowest BCUT2D eigenvalue weighted by Gasteiger charge is -2.38. The van der Waals surface area contributed by atoms with E-state index in [0.29, 0.717) is 35.5 Å². The molecular formula is C26H25N5O2. The van der Waals surface area contributed by atoms with Crippen molar-refractivity contribution in [2.45, 2.75) is 19.4 Å². The minimum Gasteiger partial charge on any atom is -0.395 e. The zero-order chi connectivity index (χ0) is 22.8. The molecule has 2 aromatic carbocycles. The van der Waals surface area contributed by atoms with Crippen LogP contribution in [0.2, 0.25) is 0 Å². The number of benzene rings is 2. The van der Waals surface area contributed by atoms with Crippen LogP contribution in [0.15, 0.2) is 65.7 Å². The Labute approximate surface area is 191 Å². The molecule has 33 heavy (non-hydrogen) atoms. The van der Waals surface area contributed by atoms with Gasteiger partial charge in [-0.3, -0.25) is 18.9 Å². The van der Waals surface area contributed by atoms with Crippen LogP contribution in [0, 0.1) is 11.8 Å². The summed E-state index contributed by atoms with van der Waals surface area (Å²) in [4.78, 5) is 20.5. The van der Waals surface area contributed by atoms with E-state index in [1.54, 1.807) is 10.8 Å². The van der Waals surface area contributed by atoms with E-state index in [9.17, 15) is 4.79 Å². The second-order valence-electron chi connectivity index (χ2n) is 8.15. The summed E-state index contributed by atoms with van der Waals surface area (Å²) in [5, 5.41) is 14.0. The first-order chi connectivity index (χ1) is 16.2. The van der Waals surface area contributed by atoms with Crippen molar-refractivity contribution in [3.05, 3.63) is 88.2 Å². The van der Waals surface area contributed by atoms with Gasteiger partial charge in [0.1, 0.15) is 5.82 Å². The van der Waals surface area contributed by atoms with Gasteiger partial charge in [0, 0.05) is 37.8 Å². The number of nitrogens with zero attached hydrogens (tertiary/aromatic N) is 5. The maximum Gasteiger partial charge on any atom is 0.267 e. The molecular weight excluding hydrogens is 414 g/mol. The SMILES string of the molecule is CCc1nc2cccc(C#Cc3cnn(C4CN(CCO)C4)c3)c2c(=O)n1-c1ccccc1. The normalized spacial score (nSPS) is 14.1. The first-order valence-electron chi connectivity index (χ1n) is 11.2. The fourth-order valence-electron chi connectivity index (χ4n) is 4.24. The van der Waals surface area contributed by atoms with Crippen LogP contribution in [0.25, 0.3) is 16.6 Å². The van der Waals surface area contributed by atoms with Crippen LogP contribution in [0.1, 0.15) is 29.9 Å². The first-order valence-corrected chi connectivity index (χ1v) is 11.2. The van der Waals surface area contributed by atoms with Crippen LogP contribution in [0.3, 0.4) is 0 Å². The molecule has 7 nitrogen and oxygen atoms in total. The van der Waals surface area contributed by atoms with E-state index >= 15 is 0 Å². The van der Waals surface area contributed by atoms with Crippen LogP contribution in [-0.2, 0) is 6.42 Å². The number of rotatable bonds is 5. The summed E-state index contributed by atoms with van der Waals surface area (Å²) in [5.74, 6) is 7.07. The molecule has 0 saturated carbocycles. The van der Waals surface area contributed by atoms with Crippen molar-refractivity contribution in [2.75, 3.05) is 26.2 Å². The van der Waals surface area contributed by atoms with E-state index in [2.05, 4.69) is 21.8 Å². The van der Waals surface area contributed by atoms with Gasteiger partial charge in [-0.25, -0.2) is 4.98 Å². The second kappa shape index (κ2) is 9.02. The molecule has 166 valence electrons. The highest BCUT2D eigenvalue weighted by Crippen LogP contribution is 2.20. The number of β-amino-alcohol motifs (C(OH)–C–C–N with tert-alkyl or cyclic N) is 1. The number of hydrogen-bond donors (Lipinski definition) is 1. The second-order valence-corrected chi connectivity index (χ2v) is 8.15. The molecule has 0 aliphatic carbocycles. The lowest BCUT2D eigenvalue weighted by molar-refractivity contribution is 0.0774. The van der Waals surface area contributed by atoms with Crippen molar-refractivity contribution in [3.63, 3.8) is 0 Å². The fraction of sp³-hybridized carbons (Fsp3) is 0.269. The largest absolute Gasteiger partial charge is 0.395 e. The third-order valence-electron chi connectivity index (χ3n) is 5.97. The van der Waals surface area contributed by atoms with Crippen molar-refractivity contribution >= 4 is 10.9 Å². The minimum absolute atomic E-state index is 0.109. The van der Waals surface area contributed by atoms with Crippen molar-refractivity contribution in [1.29, 1.82) is 0 Å². The Bertz CT molecular complexity index is 1410. The lowest BCUT2D eigenvalue weighted by atomic mass is 10.1. The molecule has 0 amide bonds. The Hall–Kier alpha value is -3.73. The van der Waals surface area contributed by atoms with Crippen LogP contribution >= 0.6 is 0 Å². The summed E-state index contributed by atoms with van der Waals surface area (Å²) in [6.07, 6.45) is 4.34.